The molecule has 2 heterocycles. The minimum absolute atomic E-state index is 0.435. The average Bonchev–Trinajstić information content (AvgIpc) is 3.00. The van der Waals surface area contributed by atoms with Crippen molar-refractivity contribution in [2.24, 2.45) is 0 Å². The van der Waals surface area contributed by atoms with Crippen LogP contribution in [0.3, 0.4) is 0 Å². The van der Waals surface area contributed by atoms with Crippen LogP contribution >= 0.6 is 0 Å². The number of nitrogens with zero attached hydrogens (tertiary/aromatic N) is 3. The first-order valence-corrected chi connectivity index (χ1v) is 7.86. The zero-order chi connectivity index (χ0) is 14.5. The molecule has 0 saturated carbocycles. The Morgan fingerprint density at radius 1 is 1.29 bits per heavy atom. The maximum absolute atomic E-state index is 4.25. The van der Waals surface area contributed by atoms with Gasteiger partial charge in [-0.2, -0.15) is 5.10 Å². The zero-order valence-corrected chi connectivity index (χ0v) is 12.7. The van der Waals surface area contributed by atoms with Crippen LogP contribution in [0.4, 0.5) is 5.69 Å². The van der Waals surface area contributed by atoms with Crippen molar-refractivity contribution in [2.75, 3.05) is 24.5 Å². The lowest BCUT2D eigenvalue weighted by Crippen LogP contribution is -2.39. The zero-order valence-electron chi connectivity index (χ0n) is 12.7. The Morgan fingerprint density at radius 2 is 2.19 bits per heavy atom. The third-order valence-corrected chi connectivity index (χ3v) is 4.10. The van der Waals surface area contributed by atoms with Crippen LogP contribution in [0.5, 0.6) is 0 Å². The van der Waals surface area contributed by atoms with Crippen LogP contribution in [0.2, 0.25) is 0 Å². The van der Waals surface area contributed by atoms with Gasteiger partial charge >= 0.3 is 0 Å². The van der Waals surface area contributed by atoms with E-state index in [-0.39, 0.29) is 0 Å². The summed E-state index contributed by atoms with van der Waals surface area (Å²) in [6.45, 7) is 6.39. The molecule has 1 atom stereocenters. The largest absolute Gasteiger partial charge is 0.370 e. The van der Waals surface area contributed by atoms with E-state index >= 15 is 0 Å². The molecular formula is C17H24N4. The van der Waals surface area contributed by atoms with E-state index < -0.39 is 0 Å². The van der Waals surface area contributed by atoms with E-state index in [1.807, 2.05) is 23.1 Å². The van der Waals surface area contributed by atoms with Crippen LogP contribution in [0, 0.1) is 0 Å². The number of nitrogens with one attached hydrogen (secondary N) is 1. The van der Waals surface area contributed by atoms with Crippen molar-refractivity contribution < 1.29 is 0 Å². The highest BCUT2D eigenvalue weighted by Crippen LogP contribution is 2.25. The predicted octanol–water partition coefficient (Wildman–Crippen LogP) is 2.31. The molecule has 21 heavy (non-hydrogen) atoms. The first-order valence-electron chi connectivity index (χ1n) is 7.86. The normalized spacial score (nSPS) is 15.8. The third kappa shape index (κ3) is 3.64. The lowest BCUT2D eigenvalue weighted by atomic mass is 10.0. The smallest absolute Gasteiger partial charge is 0.0559 e. The molecule has 2 aromatic rings. The van der Waals surface area contributed by atoms with E-state index in [2.05, 4.69) is 46.5 Å². The molecule has 0 saturated heterocycles. The molecule has 1 aromatic heterocycles. The minimum Gasteiger partial charge on any atom is -0.370 e. The highest BCUT2D eigenvalue weighted by atomic mass is 15.3. The van der Waals surface area contributed by atoms with Gasteiger partial charge in [0, 0.05) is 43.8 Å². The minimum atomic E-state index is 0.435. The van der Waals surface area contributed by atoms with Crippen LogP contribution in [-0.2, 0) is 13.0 Å². The maximum atomic E-state index is 4.25. The second kappa shape index (κ2) is 6.76. The van der Waals surface area contributed by atoms with Crippen molar-refractivity contribution in [1.29, 1.82) is 0 Å². The number of aryl methyl sites for hydroxylation is 1. The fourth-order valence-corrected chi connectivity index (χ4v) is 3.04. The summed E-state index contributed by atoms with van der Waals surface area (Å²) >= 11 is 0. The number of aromatic nitrogens is 2. The second-order valence-corrected chi connectivity index (χ2v) is 5.80. The van der Waals surface area contributed by atoms with E-state index in [1.165, 1.54) is 30.6 Å². The molecular weight excluding hydrogens is 260 g/mol. The number of rotatable bonds is 6. The van der Waals surface area contributed by atoms with E-state index in [4.69, 9.17) is 0 Å². The molecule has 112 valence electrons. The quantitative estimate of drug-likeness (QED) is 0.883. The number of fused-ring (bicyclic) bond motifs is 1. The van der Waals surface area contributed by atoms with E-state index in [9.17, 15) is 0 Å². The molecule has 1 aromatic carbocycles. The van der Waals surface area contributed by atoms with Crippen LogP contribution in [0.15, 0.2) is 42.7 Å². The monoisotopic (exact) mass is 284 g/mol. The van der Waals surface area contributed by atoms with E-state index in [0.29, 0.717) is 6.04 Å². The van der Waals surface area contributed by atoms with Crippen molar-refractivity contribution in [1.82, 2.24) is 15.1 Å². The lowest BCUT2D eigenvalue weighted by molar-refractivity contribution is 0.452. The van der Waals surface area contributed by atoms with Crippen molar-refractivity contribution >= 4 is 5.69 Å². The Labute approximate surface area is 126 Å². The highest BCUT2D eigenvalue weighted by molar-refractivity contribution is 5.55. The maximum Gasteiger partial charge on any atom is 0.0559 e. The molecule has 1 aliphatic rings. The van der Waals surface area contributed by atoms with Crippen LogP contribution in [0.1, 0.15) is 18.9 Å². The Morgan fingerprint density at radius 3 is 3.05 bits per heavy atom. The molecule has 0 bridgehead atoms. The first kappa shape index (κ1) is 14.1. The summed E-state index contributed by atoms with van der Waals surface area (Å²) in [4.78, 5) is 2.51. The molecule has 1 N–H and O–H groups in total. The van der Waals surface area contributed by atoms with Crippen molar-refractivity contribution in [3.63, 3.8) is 0 Å². The van der Waals surface area contributed by atoms with E-state index in [0.717, 1.165) is 19.6 Å². The average molecular weight is 284 g/mol. The van der Waals surface area contributed by atoms with Gasteiger partial charge in [-0.3, -0.25) is 4.68 Å². The van der Waals surface area contributed by atoms with Gasteiger partial charge in [0.05, 0.1) is 6.54 Å². The number of para-hydroxylation sites is 1. The van der Waals surface area contributed by atoms with Gasteiger partial charge in [-0.25, -0.2) is 0 Å². The van der Waals surface area contributed by atoms with E-state index in [1.54, 1.807) is 0 Å². The van der Waals surface area contributed by atoms with Gasteiger partial charge in [0.15, 0.2) is 0 Å². The second-order valence-electron chi connectivity index (χ2n) is 5.80. The van der Waals surface area contributed by atoms with Crippen LogP contribution < -0.4 is 10.2 Å². The molecule has 3 rings (SSSR count). The van der Waals surface area contributed by atoms with Crippen molar-refractivity contribution in [3.05, 3.63) is 48.3 Å². The first-order chi connectivity index (χ1) is 10.3. The summed E-state index contributed by atoms with van der Waals surface area (Å²) in [5.41, 5.74) is 2.92. The Kier molecular flexibility index (Phi) is 4.55. The third-order valence-electron chi connectivity index (χ3n) is 4.10. The Bertz CT molecular complexity index is 550. The highest BCUT2D eigenvalue weighted by Gasteiger charge is 2.15. The fraction of sp³-hybridized carbons (Fsp3) is 0.471. The summed E-state index contributed by atoms with van der Waals surface area (Å²) in [5, 5.41) is 7.85. The summed E-state index contributed by atoms with van der Waals surface area (Å²) in [7, 11) is 0. The van der Waals surface area contributed by atoms with Gasteiger partial charge in [-0.1, -0.05) is 18.2 Å². The lowest BCUT2D eigenvalue weighted by Gasteiger charge is -2.31. The molecule has 4 heteroatoms. The Balaban J connectivity index is 1.48. The summed E-state index contributed by atoms with van der Waals surface area (Å²) < 4.78 is 1.98. The molecule has 4 nitrogen and oxygen atoms in total. The molecule has 0 radical (unpaired) electrons. The summed E-state index contributed by atoms with van der Waals surface area (Å²) in [5.74, 6) is 0. The van der Waals surface area contributed by atoms with Crippen molar-refractivity contribution in [2.45, 2.75) is 32.4 Å². The Hall–Kier alpha value is -1.81. The number of benzene rings is 1. The molecule has 0 spiro atoms. The van der Waals surface area contributed by atoms with Gasteiger partial charge in [0.2, 0.25) is 0 Å². The standard InChI is InChI=1S/C17H24N4/c1-15(14-21-12-5-9-19-21)18-10-13-20-11-4-7-16-6-2-3-8-17(16)20/h2-3,5-6,8-9,12,15,18H,4,7,10-11,13-14H2,1H3/t15-/m0/s1. The molecule has 0 amide bonds. The van der Waals surface area contributed by atoms with Crippen molar-refractivity contribution in [3.8, 4) is 0 Å². The van der Waals surface area contributed by atoms with Gasteiger partial charge in [-0.15, -0.1) is 0 Å². The number of hydrogen-bond donors (Lipinski definition) is 1. The van der Waals surface area contributed by atoms with Gasteiger partial charge < -0.3 is 10.2 Å². The van der Waals surface area contributed by atoms with Gasteiger partial charge in [0.1, 0.15) is 0 Å². The van der Waals surface area contributed by atoms with Crippen LogP contribution in [-0.4, -0.2) is 35.5 Å². The SMILES string of the molecule is C[C@@H](Cn1cccn1)NCCN1CCCc2ccccc21. The topological polar surface area (TPSA) is 33.1 Å². The summed E-state index contributed by atoms with van der Waals surface area (Å²) in [6.07, 6.45) is 6.33. The molecule has 0 fully saturated rings. The number of anilines is 1. The van der Waals surface area contributed by atoms with Gasteiger partial charge in [-0.05, 0) is 37.5 Å². The molecule has 0 aliphatic carbocycles. The van der Waals surface area contributed by atoms with Gasteiger partial charge in [0.25, 0.3) is 0 Å². The fourth-order valence-electron chi connectivity index (χ4n) is 3.04. The number of hydrogen-bond acceptors (Lipinski definition) is 3. The summed E-state index contributed by atoms with van der Waals surface area (Å²) in [6, 6.07) is 11.2. The van der Waals surface area contributed by atoms with Crippen LogP contribution in [0.25, 0.3) is 0 Å². The molecule has 1 aliphatic heterocycles. The molecule has 0 unspecified atom stereocenters. The predicted molar refractivity (Wildman–Crippen MR) is 86.7 cm³/mol.